The van der Waals surface area contributed by atoms with Gasteiger partial charge in [0.25, 0.3) is 0 Å². The molecule has 2 aromatic rings. The zero-order chi connectivity index (χ0) is 10.1. The van der Waals surface area contributed by atoms with Crippen LogP contribution in [0.15, 0.2) is 18.3 Å². The number of aromatic nitrogens is 2. The van der Waals surface area contributed by atoms with E-state index >= 15 is 0 Å². The van der Waals surface area contributed by atoms with E-state index < -0.39 is 0 Å². The Labute approximate surface area is 81.6 Å². The molecule has 0 unspecified atom stereocenters. The highest BCUT2D eigenvalue weighted by Gasteiger charge is 2.09. The third-order valence-corrected chi connectivity index (χ3v) is 2.25. The fraction of sp³-hybridized carbons (Fsp3) is 0.300. The van der Waals surface area contributed by atoms with E-state index in [9.17, 15) is 4.39 Å². The minimum absolute atomic E-state index is 0.280. The van der Waals surface area contributed by atoms with Crippen LogP contribution in [-0.2, 0) is 6.54 Å². The van der Waals surface area contributed by atoms with E-state index in [1.165, 1.54) is 6.07 Å². The summed E-state index contributed by atoms with van der Waals surface area (Å²) >= 11 is 0. The van der Waals surface area contributed by atoms with Crippen LogP contribution in [0.1, 0.15) is 11.4 Å². The van der Waals surface area contributed by atoms with Crippen molar-refractivity contribution in [1.29, 1.82) is 0 Å². The van der Waals surface area contributed by atoms with Crippen LogP contribution in [0.25, 0.3) is 5.65 Å². The molecule has 0 radical (unpaired) electrons. The third kappa shape index (κ3) is 1.28. The number of aryl methyl sites for hydroxylation is 1. The van der Waals surface area contributed by atoms with Gasteiger partial charge in [0.2, 0.25) is 0 Å². The third-order valence-electron chi connectivity index (χ3n) is 2.25. The largest absolute Gasteiger partial charge is 0.314 e. The second-order valence-electron chi connectivity index (χ2n) is 3.22. The molecule has 0 saturated carbocycles. The van der Waals surface area contributed by atoms with Gasteiger partial charge in [-0.15, -0.1) is 0 Å². The number of halogens is 1. The first kappa shape index (κ1) is 9.15. The summed E-state index contributed by atoms with van der Waals surface area (Å²) in [5.74, 6) is -0.280. The minimum Gasteiger partial charge on any atom is -0.314 e. The molecular formula is C10H12FN3. The molecule has 4 heteroatoms. The Morgan fingerprint density at radius 2 is 2.36 bits per heavy atom. The van der Waals surface area contributed by atoms with Gasteiger partial charge in [0.15, 0.2) is 11.5 Å². The fourth-order valence-corrected chi connectivity index (χ4v) is 1.58. The van der Waals surface area contributed by atoms with Gasteiger partial charge in [-0.25, -0.2) is 9.37 Å². The average Bonchev–Trinajstić information content (AvgIpc) is 2.47. The molecule has 0 saturated heterocycles. The highest BCUT2D eigenvalue weighted by atomic mass is 19.1. The Morgan fingerprint density at radius 3 is 3.07 bits per heavy atom. The van der Waals surface area contributed by atoms with Crippen LogP contribution in [0, 0.1) is 12.7 Å². The number of rotatable bonds is 2. The van der Waals surface area contributed by atoms with Crippen molar-refractivity contribution in [2.24, 2.45) is 0 Å². The summed E-state index contributed by atoms with van der Waals surface area (Å²) in [6.45, 7) is 2.58. The fourth-order valence-electron chi connectivity index (χ4n) is 1.58. The summed E-state index contributed by atoms with van der Waals surface area (Å²) in [5, 5.41) is 3.04. The molecule has 0 bridgehead atoms. The number of hydrogen-bond acceptors (Lipinski definition) is 2. The SMILES string of the molecule is CNCc1c(C)nc2c(F)cccn12. The molecule has 2 aromatic heterocycles. The maximum atomic E-state index is 13.3. The van der Waals surface area contributed by atoms with E-state index in [0.29, 0.717) is 12.2 Å². The van der Waals surface area contributed by atoms with Gasteiger partial charge in [-0.3, -0.25) is 0 Å². The quantitative estimate of drug-likeness (QED) is 0.783. The highest BCUT2D eigenvalue weighted by molar-refractivity contribution is 5.44. The standard InChI is InChI=1S/C10H12FN3/c1-7-9(6-12-2)14-5-3-4-8(11)10(14)13-7/h3-5,12H,6H2,1-2H3. The summed E-state index contributed by atoms with van der Waals surface area (Å²) in [6.07, 6.45) is 1.82. The van der Waals surface area contributed by atoms with Crippen molar-refractivity contribution in [3.8, 4) is 0 Å². The summed E-state index contributed by atoms with van der Waals surface area (Å²) in [7, 11) is 1.86. The van der Waals surface area contributed by atoms with Gasteiger partial charge < -0.3 is 9.72 Å². The smallest absolute Gasteiger partial charge is 0.173 e. The van der Waals surface area contributed by atoms with Crippen LogP contribution < -0.4 is 5.32 Å². The van der Waals surface area contributed by atoms with Crippen LogP contribution in [0.4, 0.5) is 4.39 Å². The molecule has 0 amide bonds. The van der Waals surface area contributed by atoms with Gasteiger partial charge in [-0.05, 0) is 26.1 Å². The highest BCUT2D eigenvalue weighted by Crippen LogP contribution is 2.14. The predicted octanol–water partition coefficient (Wildman–Crippen LogP) is 1.50. The van der Waals surface area contributed by atoms with Crippen molar-refractivity contribution in [2.45, 2.75) is 13.5 Å². The lowest BCUT2D eigenvalue weighted by molar-refractivity contribution is 0.628. The first-order valence-electron chi connectivity index (χ1n) is 4.50. The van der Waals surface area contributed by atoms with Crippen LogP contribution in [-0.4, -0.2) is 16.4 Å². The Kier molecular flexibility index (Phi) is 2.21. The van der Waals surface area contributed by atoms with E-state index in [4.69, 9.17) is 0 Å². The molecule has 0 fully saturated rings. The van der Waals surface area contributed by atoms with Gasteiger partial charge in [0.05, 0.1) is 11.4 Å². The van der Waals surface area contributed by atoms with Gasteiger partial charge in [-0.1, -0.05) is 0 Å². The number of hydrogen-bond donors (Lipinski definition) is 1. The number of nitrogens with one attached hydrogen (secondary N) is 1. The van der Waals surface area contributed by atoms with Gasteiger partial charge in [-0.2, -0.15) is 0 Å². The van der Waals surface area contributed by atoms with Crippen LogP contribution >= 0.6 is 0 Å². The van der Waals surface area contributed by atoms with E-state index in [1.807, 2.05) is 20.2 Å². The normalized spacial score (nSPS) is 11.1. The van der Waals surface area contributed by atoms with E-state index in [1.54, 1.807) is 10.5 Å². The van der Waals surface area contributed by atoms with E-state index in [0.717, 1.165) is 11.4 Å². The maximum absolute atomic E-state index is 13.3. The summed E-state index contributed by atoms with van der Waals surface area (Å²) in [4.78, 5) is 4.18. The second-order valence-corrected chi connectivity index (χ2v) is 3.22. The van der Waals surface area contributed by atoms with Crippen molar-refractivity contribution in [2.75, 3.05) is 7.05 Å². The van der Waals surface area contributed by atoms with Crippen LogP contribution in [0.3, 0.4) is 0 Å². The van der Waals surface area contributed by atoms with Crippen molar-refractivity contribution in [3.05, 3.63) is 35.5 Å². The molecular weight excluding hydrogens is 181 g/mol. The Hall–Kier alpha value is -1.42. The summed E-state index contributed by atoms with van der Waals surface area (Å²) < 4.78 is 15.1. The van der Waals surface area contributed by atoms with Gasteiger partial charge in [0, 0.05) is 12.7 Å². The molecule has 0 spiro atoms. The molecule has 2 rings (SSSR count). The Morgan fingerprint density at radius 1 is 1.57 bits per heavy atom. The number of imidazole rings is 1. The molecule has 0 aliphatic rings. The lowest BCUT2D eigenvalue weighted by Crippen LogP contribution is -2.08. The van der Waals surface area contributed by atoms with Gasteiger partial charge in [0.1, 0.15) is 0 Å². The van der Waals surface area contributed by atoms with E-state index in [2.05, 4.69) is 10.3 Å². The first-order valence-corrected chi connectivity index (χ1v) is 4.50. The number of pyridine rings is 1. The number of nitrogens with zero attached hydrogens (tertiary/aromatic N) is 2. The zero-order valence-electron chi connectivity index (χ0n) is 8.21. The minimum atomic E-state index is -0.280. The molecule has 3 nitrogen and oxygen atoms in total. The molecule has 74 valence electrons. The van der Waals surface area contributed by atoms with Crippen LogP contribution in [0.2, 0.25) is 0 Å². The number of fused-ring (bicyclic) bond motifs is 1. The van der Waals surface area contributed by atoms with Crippen molar-refractivity contribution >= 4 is 5.65 Å². The molecule has 0 aromatic carbocycles. The van der Waals surface area contributed by atoms with E-state index in [-0.39, 0.29) is 5.82 Å². The second kappa shape index (κ2) is 3.38. The Balaban J connectivity index is 2.70. The molecule has 1 N–H and O–H groups in total. The van der Waals surface area contributed by atoms with Crippen LogP contribution in [0.5, 0.6) is 0 Å². The Bertz CT molecular complexity index is 462. The molecule has 0 aliphatic heterocycles. The molecule has 14 heavy (non-hydrogen) atoms. The maximum Gasteiger partial charge on any atom is 0.173 e. The first-order chi connectivity index (χ1) is 6.74. The lowest BCUT2D eigenvalue weighted by Gasteiger charge is -2.01. The average molecular weight is 193 g/mol. The molecule has 2 heterocycles. The zero-order valence-corrected chi connectivity index (χ0v) is 8.21. The topological polar surface area (TPSA) is 29.3 Å². The monoisotopic (exact) mass is 193 g/mol. The van der Waals surface area contributed by atoms with Gasteiger partial charge >= 0.3 is 0 Å². The molecule has 0 atom stereocenters. The molecule has 0 aliphatic carbocycles. The summed E-state index contributed by atoms with van der Waals surface area (Å²) in [6, 6.07) is 3.10. The predicted molar refractivity (Wildman–Crippen MR) is 52.7 cm³/mol. The van der Waals surface area contributed by atoms with Crippen molar-refractivity contribution in [3.63, 3.8) is 0 Å². The van der Waals surface area contributed by atoms with Crippen molar-refractivity contribution in [1.82, 2.24) is 14.7 Å². The van der Waals surface area contributed by atoms with Crippen molar-refractivity contribution < 1.29 is 4.39 Å². The summed E-state index contributed by atoms with van der Waals surface area (Å²) in [5.41, 5.74) is 2.27. The lowest BCUT2D eigenvalue weighted by atomic mass is 10.3.